The molecule has 128 valence electrons. The Kier molecular flexibility index (Phi) is 5.11. The molecule has 25 heavy (non-hydrogen) atoms. The van der Waals surface area contributed by atoms with Crippen molar-refractivity contribution in [2.24, 2.45) is 0 Å². The highest BCUT2D eigenvalue weighted by molar-refractivity contribution is 6.31. The van der Waals surface area contributed by atoms with E-state index in [4.69, 9.17) is 27.9 Å². The molecule has 0 saturated carbocycles. The van der Waals surface area contributed by atoms with E-state index in [1.54, 1.807) is 37.4 Å². The number of rotatable bonds is 4. The Morgan fingerprint density at radius 2 is 1.84 bits per heavy atom. The molecule has 0 aliphatic carbocycles. The molecule has 6 heteroatoms. The van der Waals surface area contributed by atoms with Crippen LogP contribution in [0.2, 0.25) is 10.0 Å². The first-order chi connectivity index (χ1) is 12.0. The number of hydrogen-bond acceptors (Lipinski definition) is 3. The van der Waals surface area contributed by atoms with Crippen molar-refractivity contribution in [3.63, 3.8) is 0 Å². The van der Waals surface area contributed by atoms with Crippen LogP contribution in [-0.4, -0.2) is 18.0 Å². The van der Waals surface area contributed by atoms with Crippen molar-refractivity contribution in [1.82, 2.24) is 4.98 Å². The standard InChI is InChI=1S/C19H16Cl2N2O2/c1-11-7-16(15-5-3-14(21)10-17(15)22-11)23-19(24)9-12-8-13(20)4-6-18(12)25-2/h3-8,10H,9H2,1-2H3,(H,22,23,24). The van der Waals surface area contributed by atoms with Crippen LogP contribution in [0.3, 0.4) is 0 Å². The zero-order chi connectivity index (χ0) is 18.0. The summed E-state index contributed by atoms with van der Waals surface area (Å²) in [7, 11) is 1.56. The Labute approximate surface area is 155 Å². The van der Waals surface area contributed by atoms with Gasteiger partial charge in [0.25, 0.3) is 0 Å². The first-order valence-electron chi connectivity index (χ1n) is 7.65. The molecule has 1 heterocycles. The van der Waals surface area contributed by atoms with Crippen molar-refractivity contribution >= 4 is 45.7 Å². The number of aromatic nitrogens is 1. The maximum atomic E-state index is 12.5. The first-order valence-corrected chi connectivity index (χ1v) is 8.41. The number of carbonyl (C=O) groups excluding carboxylic acids is 1. The summed E-state index contributed by atoms with van der Waals surface area (Å²) in [6, 6.07) is 12.4. The van der Waals surface area contributed by atoms with Crippen LogP contribution in [0.5, 0.6) is 5.75 Å². The van der Waals surface area contributed by atoms with E-state index in [0.717, 1.165) is 22.2 Å². The summed E-state index contributed by atoms with van der Waals surface area (Å²) in [5.41, 5.74) is 2.96. The van der Waals surface area contributed by atoms with Crippen LogP contribution in [0, 0.1) is 6.92 Å². The van der Waals surface area contributed by atoms with Crippen molar-refractivity contribution in [2.45, 2.75) is 13.3 Å². The third kappa shape index (κ3) is 4.03. The number of methoxy groups -OCH3 is 1. The fourth-order valence-electron chi connectivity index (χ4n) is 2.69. The van der Waals surface area contributed by atoms with Crippen molar-refractivity contribution in [3.8, 4) is 5.75 Å². The first kappa shape index (κ1) is 17.5. The highest BCUT2D eigenvalue weighted by atomic mass is 35.5. The van der Waals surface area contributed by atoms with Gasteiger partial charge in [-0.2, -0.15) is 0 Å². The summed E-state index contributed by atoms with van der Waals surface area (Å²) in [6.07, 6.45) is 0.153. The number of pyridine rings is 1. The van der Waals surface area contributed by atoms with Gasteiger partial charge in [0.05, 0.1) is 24.7 Å². The third-order valence-corrected chi connectivity index (χ3v) is 4.24. The molecule has 4 nitrogen and oxygen atoms in total. The highest BCUT2D eigenvalue weighted by Gasteiger charge is 2.12. The van der Waals surface area contributed by atoms with Crippen LogP contribution in [0.4, 0.5) is 5.69 Å². The van der Waals surface area contributed by atoms with Crippen LogP contribution < -0.4 is 10.1 Å². The zero-order valence-electron chi connectivity index (χ0n) is 13.8. The minimum atomic E-state index is -0.164. The average molecular weight is 375 g/mol. The second-order valence-electron chi connectivity index (χ2n) is 5.65. The summed E-state index contributed by atoms with van der Waals surface area (Å²) in [5.74, 6) is 0.463. The van der Waals surface area contributed by atoms with Gasteiger partial charge in [-0.1, -0.05) is 23.2 Å². The number of hydrogen-bond donors (Lipinski definition) is 1. The number of aryl methyl sites for hydroxylation is 1. The smallest absolute Gasteiger partial charge is 0.228 e. The summed E-state index contributed by atoms with van der Waals surface area (Å²) >= 11 is 12.1. The molecule has 1 N–H and O–H groups in total. The molecule has 0 unspecified atom stereocenters. The van der Waals surface area contributed by atoms with Crippen LogP contribution in [-0.2, 0) is 11.2 Å². The van der Waals surface area contributed by atoms with Gasteiger partial charge in [0.15, 0.2) is 0 Å². The number of benzene rings is 2. The van der Waals surface area contributed by atoms with Crippen molar-refractivity contribution in [3.05, 3.63) is 63.8 Å². The minimum absolute atomic E-state index is 0.153. The van der Waals surface area contributed by atoms with Crippen molar-refractivity contribution in [1.29, 1.82) is 0 Å². The maximum absolute atomic E-state index is 12.5. The predicted molar refractivity (Wildman–Crippen MR) is 102 cm³/mol. The normalized spacial score (nSPS) is 10.7. The van der Waals surface area contributed by atoms with Gasteiger partial charge in [0.1, 0.15) is 5.75 Å². The van der Waals surface area contributed by atoms with Crippen LogP contribution in [0.1, 0.15) is 11.3 Å². The quantitative estimate of drug-likeness (QED) is 0.695. The van der Waals surface area contributed by atoms with Crippen LogP contribution in [0.25, 0.3) is 10.9 Å². The highest BCUT2D eigenvalue weighted by Crippen LogP contribution is 2.27. The van der Waals surface area contributed by atoms with Crippen molar-refractivity contribution < 1.29 is 9.53 Å². The summed E-state index contributed by atoms with van der Waals surface area (Å²) in [4.78, 5) is 17.0. The lowest BCUT2D eigenvalue weighted by Gasteiger charge is -2.12. The predicted octanol–water partition coefficient (Wildman–Crippen LogP) is 5.04. The van der Waals surface area contributed by atoms with E-state index in [1.165, 1.54) is 0 Å². The molecule has 3 aromatic rings. The lowest BCUT2D eigenvalue weighted by atomic mass is 10.1. The SMILES string of the molecule is COc1ccc(Cl)cc1CC(=O)Nc1cc(C)nc2cc(Cl)ccc12. The number of ether oxygens (including phenoxy) is 1. The Hall–Kier alpha value is -2.30. The monoisotopic (exact) mass is 374 g/mol. The number of nitrogens with zero attached hydrogens (tertiary/aromatic N) is 1. The van der Waals surface area contributed by atoms with Gasteiger partial charge in [-0.05, 0) is 49.4 Å². The van der Waals surface area contributed by atoms with E-state index < -0.39 is 0 Å². The van der Waals surface area contributed by atoms with Gasteiger partial charge in [-0.15, -0.1) is 0 Å². The maximum Gasteiger partial charge on any atom is 0.228 e. The van der Waals surface area contributed by atoms with E-state index in [0.29, 0.717) is 21.5 Å². The van der Waals surface area contributed by atoms with E-state index >= 15 is 0 Å². The van der Waals surface area contributed by atoms with E-state index in [-0.39, 0.29) is 12.3 Å². The number of nitrogens with one attached hydrogen (secondary N) is 1. The zero-order valence-corrected chi connectivity index (χ0v) is 15.3. The van der Waals surface area contributed by atoms with E-state index in [9.17, 15) is 4.79 Å². The minimum Gasteiger partial charge on any atom is -0.496 e. The fraction of sp³-hybridized carbons (Fsp3) is 0.158. The number of carbonyl (C=O) groups is 1. The molecular formula is C19H16Cl2N2O2. The molecule has 0 fully saturated rings. The molecule has 0 aliphatic heterocycles. The molecule has 0 spiro atoms. The van der Waals surface area contributed by atoms with E-state index in [1.807, 2.05) is 19.1 Å². The molecule has 0 radical (unpaired) electrons. The van der Waals surface area contributed by atoms with Gasteiger partial charge >= 0.3 is 0 Å². The topological polar surface area (TPSA) is 51.2 Å². The fourth-order valence-corrected chi connectivity index (χ4v) is 3.05. The lowest BCUT2D eigenvalue weighted by molar-refractivity contribution is -0.115. The Morgan fingerprint density at radius 1 is 1.12 bits per heavy atom. The number of anilines is 1. The summed E-state index contributed by atoms with van der Waals surface area (Å²) in [6.45, 7) is 1.87. The number of fused-ring (bicyclic) bond motifs is 1. The average Bonchev–Trinajstić information content (AvgIpc) is 2.54. The van der Waals surface area contributed by atoms with Gasteiger partial charge < -0.3 is 10.1 Å². The van der Waals surface area contributed by atoms with Gasteiger partial charge in [-0.25, -0.2) is 0 Å². The Morgan fingerprint density at radius 3 is 2.60 bits per heavy atom. The van der Waals surface area contributed by atoms with Crippen molar-refractivity contribution in [2.75, 3.05) is 12.4 Å². The number of amides is 1. The molecule has 3 rings (SSSR count). The molecule has 2 aromatic carbocycles. The summed E-state index contributed by atoms with van der Waals surface area (Å²) < 4.78 is 5.29. The van der Waals surface area contributed by atoms with Crippen LogP contribution in [0.15, 0.2) is 42.5 Å². The third-order valence-electron chi connectivity index (χ3n) is 3.77. The van der Waals surface area contributed by atoms with Crippen LogP contribution >= 0.6 is 23.2 Å². The Bertz CT molecular complexity index is 952. The largest absolute Gasteiger partial charge is 0.496 e. The number of halogens is 2. The second-order valence-corrected chi connectivity index (χ2v) is 6.53. The van der Waals surface area contributed by atoms with Gasteiger partial charge in [0.2, 0.25) is 5.91 Å². The molecule has 1 aromatic heterocycles. The molecule has 0 atom stereocenters. The molecule has 0 saturated heterocycles. The molecule has 1 amide bonds. The molecular weight excluding hydrogens is 359 g/mol. The summed E-state index contributed by atoms with van der Waals surface area (Å²) in [5, 5.41) is 4.94. The molecule has 0 bridgehead atoms. The van der Waals surface area contributed by atoms with E-state index in [2.05, 4.69) is 10.3 Å². The van der Waals surface area contributed by atoms with Gasteiger partial charge in [-0.3, -0.25) is 9.78 Å². The van der Waals surface area contributed by atoms with Gasteiger partial charge in [0, 0.05) is 26.7 Å². The lowest BCUT2D eigenvalue weighted by Crippen LogP contribution is -2.15. The molecule has 0 aliphatic rings. The second kappa shape index (κ2) is 7.30. The Balaban J connectivity index is 1.89.